The van der Waals surface area contributed by atoms with Crippen molar-refractivity contribution in [3.05, 3.63) is 48.0 Å². The molecule has 0 bridgehead atoms. The van der Waals surface area contributed by atoms with Gasteiger partial charge in [-0.05, 0) is 45.7 Å². The standard InChI is InChI=1S/C23H31FN4O5S/c1-22(2,3)33-21(29)28-17(11-24)18(32-23(28,4)5)15-9-7-14(8-10-15)16-12-26-20(27-13-16)19(25)34(6,30)31/h7-10,12-13,17-19H,11,25H2,1-6H3. The largest absolute Gasteiger partial charge is 0.444 e. The molecule has 1 aliphatic heterocycles. The van der Waals surface area contributed by atoms with Gasteiger partial charge < -0.3 is 15.2 Å². The van der Waals surface area contributed by atoms with Gasteiger partial charge in [0.25, 0.3) is 0 Å². The first-order valence-corrected chi connectivity index (χ1v) is 12.7. The van der Waals surface area contributed by atoms with Crippen molar-refractivity contribution in [3.8, 4) is 11.1 Å². The highest BCUT2D eigenvalue weighted by Crippen LogP contribution is 2.42. The van der Waals surface area contributed by atoms with Crippen molar-refractivity contribution in [2.75, 3.05) is 12.9 Å². The van der Waals surface area contributed by atoms with E-state index in [2.05, 4.69) is 9.97 Å². The van der Waals surface area contributed by atoms with Gasteiger partial charge in [-0.1, -0.05) is 24.3 Å². The van der Waals surface area contributed by atoms with E-state index in [1.54, 1.807) is 58.9 Å². The molecular weight excluding hydrogens is 463 g/mol. The molecule has 11 heteroatoms. The molecule has 2 N–H and O–H groups in total. The molecule has 0 spiro atoms. The van der Waals surface area contributed by atoms with Crippen LogP contribution in [0.1, 0.15) is 57.5 Å². The van der Waals surface area contributed by atoms with Crippen molar-refractivity contribution >= 4 is 15.9 Å². The third kappa shape index (κ3) is 5.53. The van der Waals surface area contributed by atoms with Gasteiger partial charge in [-0.25, -0.2) is 27.6 Å². The highest BCUT2D eigenvalue weighted by atomic mass is 32.2. The summed E-state index contributed by atoms with van der Waals surface area (Å²) in [6.07, 6.45) is 2.68. The summed E-state index contributed by atoms with van der Waals surface area (Å²) < 4.78 is 48.9. The van der Waals surface area contributed by atoms with Gasteiger partial charge in [0, 0.05) is 24.2 Å². The van der Waals surface area contributed by atoms with E-state index in [0.29, 0.717) is 11.1 Å². The van der Waals surface area contributed by atoms with Crippen molar-refractivity contribution in [1.82, 2.24) is 14.9 Å². The molecule has 1 aromatic heterocycles. The molecule has 0 saturated carbocycles. The summed E-state index contributed by atoms with van der Waals surface area (Å²) in [4.78, 5) is 22.3. The number of sulfone groups is 1. The molecule has 1 fully saturated rings. The number of rotatable bonds is 5. The molecule has 3 rings (SSSR count). The van der Waals surface area contributed by atoms with Crippen LogP contribution in [0.25, 0.3) is 11.1 Å². The van der Waals surface area contributed by atoms with Gasteiger partial charge in [-0.3, -0.25) is 4.90 Å². The fourth-order valence-corrected chi connectivity index (χ4v) is 4.28. The number of amides is 1. The molecule has 1 aliphatic rings. The summed E-state index contributed by atoms with van der Waals surface area (Å²) in [6, 6.07) is 6.31. The molecule has 1 aromatic carbocycles. The van der Waals surface area contributed by atoms with E-state index < -0.39 is 51.5 Å². The van der Waals surface area contributed by atoms with Gasteiger partial charge in [0.15, 0.2) is 21.0 Å². The predicted octanol–water partition coefficient (Wildman–Crippen LogP) is 3.53. The minimum absolute atomic E-state index is 0.0116. The van der Waals surface area contributed by atoms with E-state index in [0.717, 1.165) is 11.8 Å². The third-order valence-corrected chi connectivity index (χ3v) is 6.52. The number of ether oxygens (including phenoxy) is 2. The molecule has 186 valence electrons. The lowest BCUT2D eigenvalue weighted by atomic mass is 10.00. The van der Waals surface area contributed by atoms with Crippen molar-refractivity contribution in [2.24, 2.45) is 5.73 Å². The average Bonchev–Trinajstić information content (AvgIpc) is 3.02. The highest BCUT2D eigenvalue weighted by Gasteiger charge is 2.51. The zero-order valence-electron chi connectivity index (χ0n) is 20.1. The highest BCUT2D eigenvalue weighted by molar-refractivity contribution is 7.90. The number of carbonyl (C=O) groups is 1. The lowest BCUT2D eigenvalue weighted by Gasteiger charge is -2.34. The van der Waals surface area contributed by atoms with E-state index in [9.17, 15) is 17.6 Å². The topological polar surface area (TPSA) is 125 Å². The molecule has 0 aliphatic carbocycles. The first-order chi connectivity index (χ1) is 15.6. The minimum Gasteiger partial charge on any atom is -0.444 e. The molecule has 2 aromatic rings. The summed E-state index contributed by atoms with van der Waals surface area (Å²) in [5.74, 6) is 0.0116. The Balaban J connectivity index is 1.83. The van der Waals surface area contributed by atoms with Crippen LogP contribution in [0.5, 0.6) is 0 Å². The smallest absolute Gasteiger partial charge is 0.413 e. The quantitative estimate of drug-likeness (QED) is 0.669. The molecule has 1 saturated heterocycles. The summed E-state index contributed by atoms with van der Waals surface area (Å²) in [5, 5.41) is -1.29. The average molecular weight is 495 g/mol. The van der Waals surface area contributed by atoms with Crippen molar-refractivity contribution in [3.63, 3.8) is 0 Å². The summed E-state index contributed by atoms with van der Waals surface area (Å²) in [7, 11) is -3.52. The summed E-state index contributed by atoms with van der Waals surface area (Å²) in [6.45, 7) is 7.86. The third-order valence-electron chi connectivity index (χ3n) is 5.39. The Morgan fingerprint density at radius 3 is 2.24 bits per heavy atom. The Labute approximate surface area is 199 Å². The second-order valence-electron chi connectivity index (χ2n) is 9.76. The number of aromatic nitrogens is 2. The van der Waals surface area contributed by atoms with E-state index in [1.165, 1.54) is 17.3 Å². The van der Waals surface area contributed by atoms with Crippen molar-refractivity contribution in [2.45, 2.75) is 63.5 Å². The molecule has 9 nitrogen and oxygen atoms in total. The molecule has 0 radical (unpaired) electrons. The van der Waals surface area contributed by atoms with Crippen LogP contribution in [0.4, 0.5) is 9.18 Å². The van der Waals surface area contributed by atoms with Crippen LogP contribution in [0.3, 0.4) is 0 Å². The van der Waals surface area contributed by atoms with Crippen LogP contribution in [0.2, 0.25) is 0 Å². The molecule has 3 unspecified atom stereocenters. The fraction of sp³-hybridized carbons (Fsp3) is 0.522. The number of benzene rings is 1. The summed E-state index contributed by atoms with van der Waals surface area (Å²) in [5.41, 5.74) is 6.00. The fourth-order valence-electron chi connectivity index (χ4n) is 3.78. The molecular formula is C23H31FN4O5S. The Bertz CT molecular complexity index is 1130. The Morgan fingerprint density at radius 2 is 1.76 bits per heavy atom. The van der Waals surface area contributed by atoms with Gasteiger partial charge >= 0.3 is 6.09 Å². The zero-order chi connectivity index (χ0) is 25.5. The molecule has 2 heterocycles. The number of carbonyl (C=O) groups excluding carboxylic acids is 1. The number of halogens is 1. The maximum atomic E-state index is 14.2. The lowest BCUT2D eigenvalue weighted by molar-refractivity contribution is -0.0797. The zero-order valence-corrected chi connectivity index (χ0v) is 21.0. The van der Waals surface area contributed by atoms with Gasteiger partial charge in [-0.15, -0.1) is 0 Å². The van der Waals surface area contributed by atoms with Gasteiger partial charge in [0.2, 0.25) is 0 Å². The van der Waals surface area contributed by atoms with E-state index >= 15 is 0 Å². The van der Waals surface area contributed by atoms with Gasteiger partial charge in [0.05, 0.1) is 6.04 Å². The minimum atomic E-state index is -3.52. The summed E-state index contributed by atoms with van der Waals surface area (Å²) >= 11 is 0. The monoisotopic (exact) mass is 494 g/mol. The van der Waals surface area contributed by atoms with E-state index in [-0.39, 0.29) is 5.82 Å². The van der Waals surface area contributed by atoms with Crippen LogP contribution in [-0.2, 0) is 19.3 Å². The van der Waals surface area contributed by atoms with Gasteiger partial charge in [0.1, 0.15) is 24.1 Å². The molecule has 3 atom stereocenters. The Hall–Kier alpha value is -2.63. The maximum Gasteiger partial charge on any atom is 0.413 e. The van der Waals surface area contributed by atoms with Crippen LogP contribution < -0.4 is 5.73 Å². The van der Waals surface area contributed by atoms with Gasteiger partial charge in [-0.2, -0.15) is 0 Å². The van der Waals surface area contributed by atoms with Crippen molar-refractivity contribution in [1.29, 1.82) is 0 Å². The number of hydrogen-bond donors (Lipinski definition) is 1. The van der Waals surface area contributed by atoms with Crippen LogP contribution in [-0.4, -0.2) is 59.7 Å². The van der Waals surface area contributed by atoms with Crippen LogP contribution in [0.15, 0.2) is 36.7 Å². The van der Waals surface area contributed by atoms with Crippen molar-refractivity contribution < 1.29 is 27.1 Å². The number of nitrogens with zero attached hydrogens (tertiary/aromatic N) is 3. The van der Waals surface area contributed by atoms with E-state index in [1.807, 2.05) is 0 Å². The number of hydrogen-bond acceptors (Lipinski definition) is 8. The Kier molecular flexibility index (Phi) is 7.03. The van der Waals surface area contributed by atoms with E-state index in [4.69, 9.17) is 15.2 Å². The number of alkyl halides is 1. The first-order valence-electron chi connectivity index (χ1n) is 10.8. The number of nitrogens with two attached hydrogens (primary N) is 1. The Morgan fingerprint density at radius 1 is 1.21 bits per heavy atom. The molecule has 1 amide bonds. The molecule has 34 heavy (non-hydrogen) atoms. The SMILES string of the molecule is CC(C)(C)OC(=O)N1C(CF)C(c2ccc(-c3cnc(C(N)S(C)(=O)=O)nc3)cc2)OC1(C)C. The first kappa shape index (κ1) is 26.0. The predicted molar refractivity (Wildman–Crippen MR) is 125 cm³/mol. The second kappa shape index (κ2) is 9.20. The normalized spacial score (nSPS) is 21.4. The van der Waals surface area contributed by atoms with Crippen LogP contribution in [0, 0.1) is 0 Å². The second-order valence-corrected chi connectivity index (χ2v) is 11.9. The lowest BCUT2D eigenvalue weighted by Crippen LogP contribution is -2.50. The van der Waals surface area contributed by atoms with Crippen LogP contribution >= 0.6 is 0 Å². The maximum absolute atomic E-state index is 14.2.